The maximum Gasteiger partial charge on any atom is 0.221 e. The van der Waals surface area contributed by atoms with Gasteiger partial charge in [-0.3, -0.25) is 9.59 Å². The number of fused-ring (bicyclic) bond motifs is 2. The van der Waals surface area contributed by atoms with Crippen molar-refractivity contribution >= 4 is 40.3 Å². The SMILES string of the molecule is CC(=O)Nc1ccc2c(c1)C(C)(C)C(=CC=CC1=[N+](C)c3ccc(NC(C)=O)cc3C1(C)C)N2C. The lowest BCUT2D eigenvalue weighted by molar-refractivity contribution is -0.401. The van der Waals surface area contributed by atoms with Crippen LogP contribution in [0.25, 0.3) is 0 Å². The second-order valence-electron chi connectivity index (χ2n) is 10.5. The van der Waals surface area contributed by atoms with E-state index >= 15 is 0 Å². The zero-order chi connectivity index (χ0) is 25.7. The fourth-order valence-corrected chi connectivity index (χ4v) is 5.46. The van der Waals surface area contributed by atoms with E-state index in [1.54, 1.807) is 0 Å². The average Bonchev–Trinajstić information content (AvgIpc) is 3.06. The zero-order valence-corrected chi connectivity index (χ0v) is 21.9. The number of likely N-dealkylation sites (N-methyl/N-ethyl adjacent to an activating group) is 1. The molecule has 0 aliphatic carbocycles. The van der Waals surface area contributed by atoms with Crippen molar-refractivity contribution in [3.63, 3.8) is 0 Å². The molecule has 2 aromatic rings. The van der Waals surface area contributed by atoms with Crippen LogP contribution in [0.1, 0.15) is 52.7 Å². The summed E-state index contributed by atoms with van der Waals surface area (Å²) in [5.41, 5.74) is 8.26. The number of hydrogen-bond donors (Lipinski definition) is 2. The van der Waals surface area contributed by atoms with E-state index in [9.17, 15) is 9.59 Å². The minimum Gasteiger partial charge on any atom is -0.347 e. The van der Waals surface area contributed by atoms with E-state index in [0.717, 1.165) is 22.7 Å². The van der Waals surface area contributed by atoms with Crippen molar-refractivity contribution in [1.82, 2.24) is 0 Å². The van der Waals surface area contributed by atoms with Crippen LogP contribution in [0.5, 0.6) is 0 Å². The van der Waals surface area contributed by atoms with Crippen LogP contribution in [0.4, 0.5) is 22.7 Å². The van der Waals surface area contributed by atoms with E-state index in [0.29, 0.717) is 0 Å². The van der Waals surface area contributed by atoms with Gasteiger partial charge in [0.15, 0.2) is 5.71 Å². The summed E-state index contributed by atoms with van der Waals surface area (Å²) in [6.45, 7) is 11.9. The predicted molar refractivity (Wildman–Crippen MR) is 144 cm³/mol. The summed E-state index contributed by atoms with van der Waals surface area (Å²) >= 11 is 0. The molecule has 0 unspecified atom stereocenters. The zero-order valence-electron chi connectivity index (χ0n) is 21.9. The number of allylic oxidation sites excluding steroid dienone is 4. The third-order valence-corrected chi connectivity index (χ3v) is 7.21. The lowest BCUT2D eigenvalue weighted by atomic mass is 9.81. The topological polar surface area (TPSA) is 64.5 Å². The highest BCUT2D eigenvalue weighted by molar-refractivity contribution is 6.03. The molecule has 6 nitrogen and oxygen atoms in total. The molecule has 0 saturated heterocycles. The van der Waals surface area contributed by atoms with Gasteiger partial charge in [0.1, 0.15) is 7.05 Å². The number of nitrogens with zero attached hydrogens (tertiary/aromatic N) is 2. The molecule has 0 radical (unpaired) electrons. The molecule has 2 heterocycles. The molecule has 0 bridgehead atoms. The van der Waals surface area contributed by atoms with Crippen molar-refractivity contribution < 1.29 is 14.2 Å². The standard InChI is InChI=1S/C29H34N4O2/c1-18(34)30-20-12-14-24-22(16-20)28(3,4)26(32(24)7)10-9-11-27-29(5,6)23-17-21(31-19(2)35)13-15-25(23)33(27)8/h9-17H,1-8H3,(H-,30,31,34,35)/p+1. The number of anilines is 3. The van der Waals surface area contributed by atoms with E-state index in [1.165, 1.54) is 36.4 Å². The Labute approximate surface area is 208 Å². The Morgan fingerprint density at radius 3 is 2.06 bits per heavy atom. The Kier molecular flexibility index (Phi) is 5.95. The maximum absolute atomic E-state index is 11.5. The predicted octanol–water partition coefficient (Wildman–Crippen LogP) is 5.48. The summed E-state index contributed by atoms with van der Waals surface area (Å²) in [4.78, 5) is 25.3. The Balaban J connectivity index is 1.65. The molecule has 182 valence electrons. The number of nitrogens with one attached hydrogen (secondary N) is 2. The van der Waals surface area contributed by atoms with E-state index in [1.807, 2.05) is 12.1 Å². The second kappa shape index (κ2) is 8.52. The number of hydrogen-bond acceptors (Lipinski definition) is 3. The summed E-state index contributed by atoms with van der Waals surface area (Å²) in [6, 6.07) is 12.2. The molecule has 0 atom stereocenters. The minimum absolute atomic E-state index is 0.0710. The van der Waals surface area contributed by atoms with Crippen LogP contribution in [0.2, 0.25) is 0 Å². The van der Waals surface area contributed by atoms with Gasteiger partial charge in [-0.15, -0.1) is 0 Å². The van der Waals surface area contributed by atoms with Gasteiger partial charge >= 0.3 is 0 Å². The second-order valence-corrected chi connectivity index (χ2v) is 10.5. The first kappa shape index (κ1) is 24.5. The number of amides is 2. The molecule has 2 aliphatic rings. The van der Waals surface area contributed by atoms with Gasteiger partial charge in [0.2, 0.25) is 17.5 Å². The number of carbonyl (C=O) groups excluding carboxylic acids is 2. The molecular formula is C29H35N4O2+. The Morgan fingerprint density at radius 2 is 1.46 bits per heavy atom. The summed E-state index contributed by atoms with van der Waals surface area (Å²) in [5.74, 6) is -0.142. The van der Waals surface area contributed by atoms with E-state index in [2.05, 4.69) is 104 Å². The first-order valence-electron chi connectivity index (χ1n) is 11.9. The fourth-order valence-electron chi connectivity index (χ4n) is 5.46. The van der Waals surface area contributed by atoms with Crippen molar-refractivity contribution in [3.05, 3.63) is 71.5 Å². The molecular weight excluding hydrogens is 436 g/mol. The van der Waals surface area contributed by atoms with Gasteiger partial charge in [-0.05, 0) is 55.8 Å². The van der Waals surface area contributed by atoms with Crippen LogP contribution in [0.15, 0.2) is 60.3 Å². The van der Waals surface area contributed by atoms with Crippen LogP contribution >= 0.6 is 0 Å². The van der Waals surface area contributed by atoms with Gasteiger partial charge in [-0.1, -0.05) is 19.9 Å². The maximum atomic E-state index is 11.5. The molecule has 0 spiro atoms. The molecule has 35 heavy (non-hydrogen) atoms. The van der Waals surface area contributed by atoms with Gasteiger partial charge in [0.25, 0.3) is 0 Å². The minimum atomic E-state index is -0.207. The molecule has 0 fully saturated rings. The van der Waals surface area contributed by atoms with Crippen molar-refractivity contribution in [3.8, 4) is 0 Å². The molecule has 4 rings (SSSR count). The molecule has 2 amide bonds. The summed E-state index contributed by atoms with van der Waals surface area (Å²) < 4.78 is 2.22. The fraction of sp³-hybridized carbons (Fsp3) is 0.345. The summed E-state index contributed by atoms with van der Waals surface area (Å²) in [5, 5.41) is 5.79. The van der Waals surface area contributed by atoms with Crippen LogP contribution in [-0.2, 0) is 20.4 Å². The summed E-state index contributed by atoms with van der Waals surface area (Å²) in [7, 11) is 4.17. The van der Waals surface area contributed by atoms with Crippen LogP contribution in [0.3, 0.4) is 0 Å². The third-order valence-electron chi connectivity index (χ3n) is 7.21. The Morgan fingerprint density at radius 1 is 0.886 bits per heavy atom. The molecule has 2 N–H and O–H groups in total. The largest absolute Gasteiger partial charge is 0.347 e. The van der Waals surface area contributed by atoms with Crippen molar-refractivity contribution in [1.29, 1.82) is 0 Å². The molecule has 0 aromatic heterocycles. The molecule has 6 heteroatoms. The van der Waals surface area contributed by atoms with Crippen molar-refractivity contribution in [2.24, 2.45) is 0 Å². The highest BCUT2D eigenvalue weighted by Gasteiger charge is 2.43. The monoisotopic (exact) mass is 471 g/mol. The lowest BCUT2D eigenvalue weighted by Crippen LogP contribution is -2.27. The molecule has 2 aliphatic heterocycles. The van der Waals surface area contributed by atoms with Gasteiger partial charge < -0.3 is 15.5 Å². The highest BCUT2D eigenvalue weighted by Crippen LogP contribution is 2.48. The molecule has 0 saturated carbocycles. The first-order chi connectivity index (χ1) is 16.3. The molecule has 2 aromatic carbocycles. The van der Waals surface area contributed by atoms with Gasteiger partial charge in [-0.2, -0.15) is 4.58 Å². The number of benzene rings is 2. The van der Waals surface area contributed by atoms with Crippen LogP contribution < -0.4 is 15.5 Å². The van der Waals surface area contributed by atoms with Crippen LogP contribution in [-0.4, -0.2) is 36.2 Å². The van der Waals surface area contributed by atoms with E-state index in [-0.39, 0.29) is 22.6 Å². The first-order valence-corrected chi connectivity index (χ1v) is 11.9. The highest BCUT2D eigenvalue weighted by atomic mass is 16.2. The van der Waals surface area contributed by atoms with Gasteiger partial charge in [0, 0.05) is 66.8 Å². The average molecular weight is 472 g/mol. The number of carbonyl (C=O) groups is 2. The van der Waals surface area contributed by atoms with Crippen molar-refractivity contribution in [2.45, 2.75) is 52.4 Å². The van der Waals surface area contributed by atoms with Gasteiger partial charge in [0.05, 0.1) is 5.41 Å². The summed E-state index contributed by atoms with van der Waals surface area (Å²) in [6.07, 6.45) is 6.49. The van der Waals surface area contributed by atoms with Crippen LogP contribution in [0, 0.1) is 0 Å². The lowest BCUT2D eigenvalue weighted by Gasteiger charge is -2.23. The number of rotatable bonds is 4. The van der Waals surface area contributed by atoms with Gasteiger partial charge in [-0.25, -0.2) is 0 Å². The quantitative estimate of drug-likeness (QED) is 0.581. The van der Waals surface area contributed by atoms with Crippen molar-refractivity contribution in [2.75, 3.05) is 29.6 Å². The Bertz CT molecular complexity index is 1330. The normalized spacial score (nSPS) is 18.7. The smallest absolute Gasteiger partial charge is 0.221 e. The third kappa shape index (κ3) is 4.18. The van der Waals surface area contributed by atoms with E-state index in [4.69, 9.17) is 0 Å². The van der Waals surface area contributed by atoms with E-state index < -0.39 is 0 Å². The Hall–Kier alpha value is -3.67.